The van der Waals surface area contributed by atoms with Crippen molar-refractivity contribution in [2.24, 2.45) is 0 Å². The molecule has 0 bridgehead atoms. The first-order valence-electron chi connectivity index (χ1n) is 8.49. The Kier molecular flexibility index (Phi) is 4.49. The van der Waals surface area contributed by atoms with Crippen molar-refractivity contribution in [3.05, 3.63) is 69.0 Å². The van der Waals surface area contributed by atoms with E-state index in [-0.39, 0.29) is 12.6 Å². The van der Waals surface area contributed by atoms with Crippen LogP contribution < -0.4 is 15.7 Å². The zero-order valence-corrected chi connectivity index (χ0v) is 15.4. The van der Waals surface area contributed by atoms with Gasteiger partial charge < -0.3 is 19.4 Å². The number of fused-ring (bicyclic) bond motifs is 3. The Balaban J connectivity index is 1.62. The summed E-state index contributed by atoms with van der Waals surface area (Å²) in [4.78, 5) is 26.6. The average molecular weight is 385 g/mol. The molecule has 3 aromatic rings. The van der Waals surface area contributed by atoms with Gasteiger partial charge in [-0.25, -0.2) is 9.59 Å². The molecule has 0 radical (unpaired) electrons. The van der Waals surface area contributed by atoms with E-state index in [0.717, 1.165) is 10.9 Å². The molecule has 0 aliphatic carbocycles. The van der Waals surface area contributed by atoms with Gasteiger partial charge in [0.05, 0.1) is 19.2 Å². The van der Waals surface area contributed by atoms with E-state index in [2.05, 4.69) is 5.32 Å². The molecule has 1 aliphatic heterocycles. The summed E-state index contributed by atoms with van der Waals surface area (Å²) >= 11 is 5.95. The van der Waals surface area contributed by atoms with E-state index in [9.17, 15) is 9.59 Å². The Morgan fingerprint density at radius 3 is 2.85 bits per heavy atom. The highest BCUT2D eigenvalue weighted by molar-refractivity contribution is 6.30. The van der Waals surface area contributed by atoms with Crippen LogP contribution >= 0.6 is 11.6 Å². The standard InChI is InChI=1S/C20H17ClN2O4/c1-26-14-5-6-16-15-7-8-23(11-17(15)19(24)27-18(16)10-14)20(25)22-13-4-2-3-12(21)9-13/h2-6,9-10H,7-8,11H2,1H3,(H,22,25). The number of carbonyl (C=O) groups excluding carboxylic acids is 1. The number of ether oxygens (including phenoxy) is 1. The molecule has 2 aromatic carbocycles. The fourth-order valence-corrected chi connectivity index (χ4v) is 3.51. The first kappa shape index (κ1) is 17.4. The fourth-order valence-electron chi connectivity index (χ4n) is 3.31. The van der Waals surface area contributed by atoms with E-state index in [1.165, 1.54) is 0 Å². The molecule has 1 aliphatic rings. The summed E-state index contributed by atoms with van der Waals surface area (Å²) in [6.45, 7) is 0.704. The lowest BCUT2D eigenvalue weighted by atomic mass is 9.97. The number of hydrogen-bond donors (Lipinski definition) is 1. The molecule has 138 valence electrons. The zero-order chi connectivity index (χ0) is 19.0. The van der Waals surface area contributed by atoms with Crippen LogP contribution in [-0.2, 0) is 13.0 Å². The second kappa shape index (κ2) is 6.96. The van der Waals surface area contributed by atoms with Crippen LogP contribution in [0.3, 0.4) is 0 Å². The molecule has 0 fully saturated rings. The number of rotatable bonds is 2. The molecule has 1 N–H and O–H groups in total. The van der Waals surface area contributed by atoms with Crippen molar-refractivity contribution < 1.29 is 13.9 Å². The van der Waals surface area contributed by atoms with Crippen LogP contribution in [0.5, 0.6) is 5.75 Å². The van der Waals surface area contributed by atoms with Crippen molar-refractivity contribution in [1.82, 2.24) is 4.90 Å². The molecular weight excluding hydrogens is 368 g/mol. The Morgan fingerprint density at radius 2 is 2.07 bits per heavy atom. The number of amides is 2. The Labute approximate surface area is 160 Å². The van der Waals surface area contributed by atoms with Crippen LogP contribution in [0.1, 0.15) is 11.1 Å². The molecule has 0 spiro atoms. The van der Waals surface area contributed by atoms with Crippen LogP contribution in [-0.4, -0.2) is 24.6 Å². The Hall–Kier alpha value is -2.99. The molecule has 0 saturated carbocycles. The lowest BCUT2D eigenvalue weighted by Gasteiger charge is -2.28. The number of hydrogen-bond acceptors (Lipinski definition) is 4. The van der Waals surface area contributed by atoms with Gasteiger partial charge in [0.25, 0.3) is 0 Å². The number of nitrogens with zero attached hydrogens (tertiary/aromatic N) is 1. The smallest absolute Gasteiger partial charge is 0.341 e. The van der Waals surface area contributed by atoms with Crippen molar-refractivity contribution >= 4 is 34.3 Å². The third-order valence-corrected chi connectivity index (χ3v) is 4.91. The van der Waals surface area contributed by atoms with Gasteiger partial charge in [-0.15, -0.1) is 0 Å². The van der Waals surface area contributed by atoms with E-state index < -0.39 is 5.63 Å². The van der Waals surface area contributed by atoms with E-state index >= 15 is 0 Å². The second-order valence-electron chi connectivity index (χ2n) is 6.32. The number of halogens is 1. The maximum Gasteiger partial charge on any atom is 0.341 e. The van der Waals surface area contributed by atoms with E-state index in [4.69, 9.17) is 20.8 Å². The summed E-state index contributed by atoms with van der Waals surface area (Å²) in [7, 11) is 1.56. The highest BCUT2D eigenvalue weighted by Gasteiger charge is 2.26. The molecular formula is C20H17ClN2O4. The predicted octanol–water partition coefficient (Wildman–Crippen LogP) is 4.05. The van der Waals surface area contributed by atoms with Gasteiger partial charge in [-0.05, 0) is 42.3 Å². The molecule has 6 nitrogen and oxygen atoms in total. The first-order chi connectivity index (χ1) is 13.0. The number of anilines is 1. The molecule has 0 unspecified atom stereocenters. The monoisotopic (exact) mass is 384 g/mol. The minimum Gasteiger partial charge on any atom is -0.497 e. The van der Waals surface area contributed by atoms with Gasteiger partial charge in [0, 0.05) is 28.7 Å². The van der Waals surface area contributed by atoms with Crippen molar-refractivity contribution in [2.45, 2.75) is 13.0 Å². The van der Waals surface area contributed by atoms with Gasteiger partial charge in [-0.3, -0.25) is 0 Å². The van der Waals surface area contributed by atoms with Gasteiger partial charge in [0.1, 0.15) is 11.3 Å². The summed E-state index contributed by atoms with van der Waals surface area (Å²) < 4.78 is 10.6. The summed E-state index contributed by atoms with van der Waals surface area (Å²) in [6, 6.07) is 12.1. The molecule has 27 heavy (non-hydrogen) atoms. The highest BCUT2D eigenvalue weighted by Crippen LogP contribution is 2.28. The van der Waals surface area contributed by atoms with Gasteiger partial charge in [0.15, 0.2) is 0 Å². The lowest BCUT2D eigenvalue weighted by Crippen LogP contribution is -2.40. The third-order valence-electron chi connectivity index (χ3n) is 4.67. The summed E-state index contributed by atoms with van der Waals surface area (Å²) in [5.74, 6) is 0.629. The summed E-state index contributed by atoms with van der Waals surface area (Å²) in [5, 5.41) is 4.22. The number of methoxy groups -OCH3 is 1. The quantitative estimate of drug-likeness (QED) is 0.677. The fraction of sp³-hybridized carbons (Fsp3) is 0.200. The summed E-state index contributed by atoms with van der Waals surface area (Å²) in [6.07, 6.45) is 0.576. The van der Waals surface area contributed by atoms with Crippen molar-refractivity contribution in [2.75, 3.05) is 19.0 Å². The first-order valence-corrected chi connectivity index (χ1v) is 8.87. The van der Waals surface area contributed by atoms with Gasteiger partial charge >= 0.3 is 11.7 Å². The molecule has 2 heterocycles. The molecule has 7 heteroatoms. The number of benzene rings is 2. The van der Waals surface area contributed by atoms with Crippen LogP contribution in [0.4, 0.5) is 10.5 Å². The Morgan fingerprint density at radius 1 is 1.22 bits per heavy atom. The predicted molar refractivity (Wildman–Crippen MR) is 104 cm³/mol. The molecule has 0 atom stereocenters. The van der Waals surface area contributed by atoms with Crippen LogP contribution in [0.15, 0.2) is 51.7 Å². The lowest BCUT2D eigenvalue weighted by molar-refractivity contribution is 0.205. The average Bonchev–Trinajstić information content (AvgIpc) is 2.67. The van der Waals surface area contributed by atoms with E-state index in [1.54, 1.807) is 42.3 Å². The minimum absolute atomic E-state index is 0.200. The molecule has 1 aromatic heterocycles. The number of urea groups is 1. The maximum atomic E-state index is 12.6. The van der Waals surface area contributed by atoms with Crippen LogP contribution in [0.2, 0.25) is 5.02 Å². The highest BCUT2D eigenvalue weighted by atomic mass is 35.5. The normalized spacial score (nSPS) is 13.3. The van der Waals surface area contributed by atoms with Gasteiger partial charge in [0.2, 0.25) is 0 Å². The molecule has 4 rings (SSSR count). The van der Waals surface area contributed by atoms with Crippen molar-refractivity contribution in [3.63, 3.8) is 0 Å². The third kappa shape index (κ3) is 3.36. The van der Waals surface area contributed by atoms with Crippen LogP contribution in [0, 0.1) is 0 Å². The van der Waals surface area contributed by atoms with Crippen molar-refractivity contribution in [1.29, 1.82) is 0 Å². The van der Waals surface area contributed by atoms with Crippen molar-refractivity contribution in [3.8, 4) is 5.75 Å². The largest absolute Gasteiger partial charge is 0.497 e. The van der Waals surface area contributed by atoms with E-state index in [0.29, 0.717) is 40.6 Å². The zero-order valence-electron chi connectivity index (χ0n) is 14.6. The summed E-state index contributed by atoms with van der Waals surface area (Å²) in [5.41, 5.74) is 2.12. The SMILES string of the molecule is COc1ccc2c3c(c(=O)oc2c1)CN(C(=O)Nc1cccc(Cl)c1)CC3. The maximum absolute atomic E-state index is 12.6. The molecule has 0 saturated heterocycles. The topological polar surface area (TPSA) is 71.8 Å². The Bertz CT molecular complexity index is 1090. The number of carbonyl (C=O) groups is 1. The molecule has 2 amide bonds. The van der Waals surface area contributed by atoms with Gasteiger partial charge in [-0.2, -0.15) is 0 Å². The van der Waals surface area contributed by atoms with Crippen LogP contribution in [0.25, 0.3) is 11.0 Å². The van der Waals surface area contributed by atoms with Gasteiger partial charge in [-0.1, -0.05) is 17.7 Å². The second-order valence-corrected chi connectivity index (χ2v) is 6.76. The van der Waals surface area contributed by atoms with E-state index in [1.807, 2.05) is 12.1 Å². The number of nitrogens with one attached hydrogen (secondary N) is 1. The minimum atomic E-state index is -0.425.